The summed E-state index contributed by atoms with van der Waals surface area (Å²) >= 11 is 5.66. The summed E-state index contributed by atoms with van der Waals surface area (Å²) in [6.45, 7) is 3.74. The normalized spacial score (nSPS) is 12.8. The SMILES string of the molecule is CC(CCl)CNCc1ccc(F)cc1. The average Bonchev–Trinajstić information content (AvgIpc) is 2.21. The van der Waals surface area contributed by atoms with E-state index in [0.717, 1.165) is 18.7 Å². The van der Waals surface area contributed by atoms with E-state index in [1.807, 2.05) is 0 Å². The molecule has 1 aromatic rings. The highest BCUT2D eigenvalue weighted by Gasteiger charge is 1.99. The van der Waals surface area contributed by atoms with Gasteiger partial charge in [0.15, 0.2) is 0 Å². The Hall–Kier alpha value is -0.600. The smallest absolute Gasteiger partial charge is 0.123 e. The van der Waals surface area contributed by atoms with E-state index in [-0.39, 0.29) is 5.82 Å². The fourth-order valence-corrected chi connectivity index (χ4v) is 1.23. The first-order chi connectivity index (χ1) is 6.72. The molecule has 3 heteroatoms. The van der Waals surface area contributed by atoms with Crippen LogP contribution in [0.3, 0.4) is 0 Å². The summed E-state index contributed by atoms with van der Waals surface area (Å²) in [4.78, 5) is 0. The minimum atomic E-state index is -0.192. The highest BCUT2D eigenvalue weighted by molar-refractivity contribution is 6.18. The summed E-state index contributed by atoms with van der Waals surface area (Å²) in [5.41, 5.74) is 1.09. The molecule has 0 radical (unpaired) electrons. The van der Waals surface area contributed by atoms with Gasteiger partial charge in [-0.25, -0.2) is 4.39 Å². The van der Waals surface area contributed by atoms with Crippen molar-refractivity contribution in [1.82, 2.24) is 5.32 Å². The molecule has 0 spiro atoms. The van der Waals surface area contributed by atoms with Crippen LogP contribution in [0.5, 0.6) is 0 Å². The van der Waals surface area contributed by atoms with Crippen molar-refractivity contribution in [3.8, 4) is 0 Å². The summed E-state index contributed by atoms with van der Waals surface area (Å²) < 4.78 is 12.6. The van der Waals surface area contributed by atoms with Gasteiger partial charge in [0.25, 0.3) is 0 Å². The third kappa shape index (κ3) is 4.07. The molecular weight excluding hydrogens is 201 g/mol. The monoisotopic (exact) mass is 215 g/mol. The zero-order valence-corrected chi connectivity index (χ0v) is 9.02. The van der Waals surface area contributed by atoms with E-state index >= 15 is 0 Å². The summed E-state index contributed by atoms with van der Waals surface area (Å²) in [6, 6.07) is 6.52. The molecule has 78 valence electrons. The van der Waals surface area contributed by atoms with Gasteiger partial charge in [-0.15, -0.1) is 11.6 Å². The Bertz CT molecular complexity index is 260. The molecule has 0 bridgehead atoms. The van der Waals surface area contributed by atoms with Crippen LogP contribution in [0.15, 0.2) is 24.3 Å². The third-order valence-electron chi connectivity index (χ3n) is 2.00. The van der Waals surface area contributed by atoms with Gasteiger partial charge in [-0.1, -0.05) is 19.1 Å². The van der Waals surface area contributed by atoms with Crippen LogP contribution in [0, 0.1) is 11.7 Å². The molecule has 14 heavy (non-hydrogen) atoms. The van der Waals surface area contributed by atoms with Gasteiger partial charge in [-0.05, 0) is 30.2 Å². The Kier molecular flexibility index (Phi) is 4.91. The van der Waals surface area contributed by atoms with E-state index in [4.69, 9.17) is 11.6 Å². The number of halogens is 2. The maximum Gasteiger partial charge on any atom is 0.123 e. The van der Waals surface area contributed by atoms with Crippen molar-refractivity contribution < 1.29 is 4.39 Å². The minimum Gasteiger partial charge on any atom is -0.312 e. The lowest BCUT2D eigenvalue weighted by molar-refractivity contribution is 0.556. The first kappa shape index (κ1) is 11.5. The van der Waals surface area contributed by atoms with Gasteiger partial charge < -0.3 is 5.32 Å². The van der Waals surface area contributed by atoms with Crippen LogP contribution in [0.4, 0.5) is 4.39 Å². The molecule has 1 N–H and O–H groups in total. The van der Waals surface area contributed by atoms with Crippen molar-refractivity contribution in [2.45, 2.75) is 13.5 Å². The first-order valence-corrected chi connectivity index (χ1v) is 5.27. The fraction of sp³-hybridized carbons (Fsp3) is 0.455. The lowest BCUT2D eigenvalue weighted by Crippen LogP contribution is -2.21. The highest BCUT2D eigenvalue weighted by atomic mass is 35.5. The molecule has 0 aromatic heterocycles. The number of alkyl halides is 1. The quantitative estimate of drug-likeness (QED) is 0.745. The van der Waals surface area contributed by atoms with Crippen LogP contribution in [0.1, 0.15) is 12.5 Å². The fourth-order valence-electron chi connectivity index (χ4n) is 1.12. The number of hydrogen-bond acceptors (Lipinski definition) is 1. The number of benzene rings is 1. The van der Waals surface area contributed by atoms with Gasteiger partial charge in [0.05, 0.1) is 0 Å². The standard InChI is InChI=1S/C11H15ClFN/c1-9(6-12)7-14-8-10-2-4-11(13)5-3-10/h2-5,9,14H,6-8H2,1H3. The Morgan fingerprint density at radius 1 is 1.36 bits per heavy atom. The zero-order valence-electron chi connectivity index (χ0n) is 8.26. The Balaban J connectivity index is 2.28. The maximum absolute atomic E-state index is 12.6. The Morgan fingerprint density at radius 2 is 2.00 bits per heavy atom. The van der Waals surface area contributed by atoms with Crippen molar-refractivity contribution in [1.29, 1.82) is 0 Å². The molecule has 0 saturated carbocycles. The molecule has 0 aliphatic rings. The van der Waals surface area contributed by atoms with Gasteiger partial charge in [0.1, 0.15) is 5.82 Å². The molecule has 1 nitrogen and oxygen atoms in total. The summed E-state index contributed by atoms with van der Waals surface area (Å²) in [5.74, 6) is 0.941. The Labute approximate surface area is 89.3 Å². The second-order valence-electron chi connectivity index (χ2n) is 3.52. The molecular formula is C11H15ClFN. The van der Waals surface area contributed by atoms with Crippen LogP contribution in [-0.4, -0.2) is 12.4 Å². The third-order valence-corrected chi connectivity index (χ3v) is 2.53. The number of rotatable bonds is 5. The minimum absolute atomic E-state index is 0.192. The first-order valence-electron chi connectivity index (χ1n) is 4.73. The largest absolute Gasteiger partial charge is 0.312 e. The van der Waals surface area contributed by atoms with E-state index in [0.29, 0.717) is 11.8 Å². The number of nitrogens with one attached hydrogen (secondary N) is 1. The van der Waals surface area contributed by atoms with E-state index < -0.39 is 0 Å². The molecule has 1 unspecified atom stereocenters. The highest BCUT2D eigenvalue weighted by Crippen LogP contribution is 2.02. The van der Waals surface area contributed by atoms with E-state index in [1.54, 1.807) is 12.1 Å². The van der Waals surface area contributed by atoms with Gasteiger partial charge in [-0.2, -0.15) is 0 Å². The predicted octanol–water partition coefficient (Wildman–Crippen LogP) is 2.79. The Morgan fingerprint density at radius 3 is 2.57 bits per heavy atom. The molecule has 1 atom stereocenters. The maximum atomic E-state index is 12.6. The lowest BCUT2D eigenvalue weighted by atomic mass is 10.2. The molecule has 0 heterocycles. The van der Waals surface area contributed by atoms with Crippen molar-refractivity contribution in [3.63, 3.8) is 0 Å². The molecule has 1 aromatic carbocycles. The van der Waals surface area contributed by atoms with Crippen molar-refractivity contribution in [2.24, 2.45) is 5.92 Å². The molecule has 0 saturated heterocycles. The van der Waals surface area contributed by atoms with Crippen LogP contribution in [-0.2, 0) is 6.54 Å². The molecule has 0 aliphatic carbocycles. The van der Waals surface area contributed by atoms with Crippen LogP contribution in [0.25, 0.3) is 0 Å². The second kappa shape index (κ2) is 5.99. The van der Waals surface area contributed by atoms with Gasteiger partial charge in [-0.3, -0.25) is 0 Å². The van der Waals surface area contributed by atoms with Gasteiger partial charge in [0, 0.05) is 12.4 Å². The average molecular weight is 216 g/mol. The van der Waals surface area contributed by atoms with Crippen molar-refractivity contribution in [3.05, 3.63) is 35.6 Å². The molecule has 0 aliphatic heterocycles. The van der Waals surface area contributed by atoms with Crippen LogP contribution in [0.2, 0.25) is 0 Å². The summed E-state index contributed by atoms with van der Waals surface area (Å²) in [7, 11) is 0. The van der Waals surface area contributed by atoms with Gasteiger partial charge in [0.2, 0.25) is 0 Å². The summed E-state index contributed by atoms with van der Waals surface area (Å²) in [6.07, 6.45) is 0. The number of hydrogen-bond donors (Lipinski definition) is 1. The second-order valence-corrected chi connectivity index (χ2v) is 3.83. The summed E-state index contributed by atoms with van der Waals surface area (Å²) in [5, 5.41) is 3.26. The topological polar surface area (TPSA) is 12.0 Å². The predicted molar refractivity (Wildman–Crippen MR) is 58.0 cm³/mol. The zero-order chi connectivity index (χ0) is 10.4. The molecule has 1 rings (SSSR count). The van der Waals surface area contributed by atoms with Crippen molar-refractivity contribution in [2.75, 3.05) is 12.4 Å². The van der Waals surface area contributed by atoms with E-state index in [9.17, 15) is 4.39 Å². The van der Waals surface area contributed by atoms with Crippen LogP contribution < -0.4 is 5.32 Å². The van der Waals surface area contributed by atoms with E-state index in [1.165, 1.54) is 12.1 Å². The van der Waals surface area contributed by atoms with Crippen LogP contribution >= 0.6 is 11.6 Å². The lowest BCUT2D eigenvalue weighted by Gasteiger charge is -2.08. The van der Waals surface area contributed by atoms with Gasteiger partial charge >= 0.3 is 0 Å². The van der Waals surface area contributed by atoms with E-state index in [2.05, 4.69) is 12.2 Å². The van der Waals surface area contributed by atoms with Crippen molar-refractivity contribution >= 4 is 11.6 Å². The molecule has 0 amide bonds. The molecule has 0 fully saturated rings.